The number of pyridine rings is 1. The van der Waals surface area contributed by atoms with Crippen molar-refractivity contribution in [3.05, 3.63) is 29.3 Å². The van der Waals surface area contributed by atoms with Crippen LogP contribution in [0.4, 0.5) is 4.39 Å². The van der Waals surface area contributed by atoms with Crippen LogP contribution >= 0.6 is 16.1 Å². The first-order valence-electron chi connectivity index (χ1n) is 7.32. The monoisotopic (exact) mass is 369 g/mol. The van der Waals surface area contributed by atoms with Gasteiger partial charge in [-0.15, -0.1) is 0 Å². The van der Waals surface area contributed by atoms with Gasteiger partial charge in [0.25, 0.3) is 0 Å². The molecule has 2 aromatic rings. The van der Waals surface area contributed by atoms with Gasteiger partial charge in [-0.3, -0.25) is 9.14 Å². The van der Waals surface area contributed by atoms with Gasteiger partial charge in [-0.25, -0.2) is 4.98 Å². The molecular weight excluding hydrogens is 353 g/mol. The second-order valence-electron chi connectivity index (χ2n) is 5.37. The highest BCUT2D eigenvalue weighted by Gasteiger charge is 2.27. The first-order valence-corrected chi connectivity index (χ1v) is 8.11. The summed E-state index contributed by atoms with van der Waals surface area (Å²) in [4.78, 5) is 15.9. The molecule has 1 aliphatic carbocycles. The Balaban J connectivity index is 2.09. The van der Waals surface area contributed by atoms with Crippen LogP contribution in [-0.2, 0) is 28.9 Å². The van der Waals surface area contributed by atoms with Gasteiger partial charge in [0.05, 0.1) is 17.6 Å². The number of ether oxygens (including phenoxy) is 1. The van der Waals surface area contributed by atoms with Gasteiger partial charge < -0.3 is 9.30 Å². The molecule has 7 heteroatoms. The van der Waals surface area contributed by atoms with E-state index in [-0.39, 0.29) is 18.6 Å². The number of hydrogen-bond donors (Lipinski definition) is 1. The van der Waals surface area contributed by atoms with Crippen molar-refractivity contribution in [2.75, 3.05) is 6.61 Å². The van der Waals surface area contributed by atoms with Crippen molar-refractivity contribution < 1.29 is 13.9 Å². The maximum Gasteiger partial charge on any atom is 0.325 e. The lowest BCUT2D eigenvalue weighted by molar-refractivity contribution is -0.143. The molecule has 1 N–H and O–H groups in total. The molecule has 0 unspecified atom stereocenters. The number of esters is 1. The molecule has 0 saturated heterocycles. The number of rotatable bonds is 4. The molecule has 0 saturated carbocycles. The zero-order chi connectivity index (χ0) is 15.7. The van der Waals surface area contributed by atoms with Crippen LogP contribution in [0.1, 0.15) is 24.6 Å². The smallest absolute Gasteiger partial charge is 0.325 e. The highest BCUT2D eigenvalue weighted by atomic mass is 79.9. The fraction of sp³-hybridized carbons (Fsp3) is 0.467. The van der Waals surface area contributed by atoms with Gasteiger partial charge in [-0.05, 0) is 38.3 Å². The van der Waals surface area contributed by atoms with Crippen LogP contribution in [0.25, 0.3) is 11.0 Å². The van der Waals surface area contributed by atoms with Crippen LogP contribution in [0, 0.1) is 5.95 Å². The summed E-state index contributed by atoms with van der Waals surface area (Å²) in [6.07, 6.45) is 2.51. The molecule has 22 heavy (non-hydrogen) atoms. The number of aromatic nitrogens is 2. The van der Waals surface area contributed by atoms with E-state index in [9.17, 15) is 9.18 Å². The van der Waals surface area contributed by atoms with E-state index in [0.29, 0.717) is 12.1 Å². The summed E-state index contributed by atoms with van der Waals surface area (Å²) in [5.41, 5.74) is 3.50. The van der Waals surface area contributed by atoms with Gasteiger partial charge in [0.2, 0.25) is 5.95 Å². The fourth-order valence-electron chi connectivity index (χ4n) is 3.08. The molecule has 0 fully saturated rings. The first-order chi connectivity index (χ1) is 10.6. The lowest BCUT2D eigenvalue weighted by Crippen LogP contribution is -2.29. The Morgan fingerprint density at radius 2 is 2.41 bits per heavy atom. The average molecular weight is 370 g/mol. The summed E-state index contributed by atoms with van der Waals surface area (Å²) in [6.45, 7) is 2.27. The molecule has 0 bridgehead atoms. The Morgan fingerprint density at radius 3 is 3.14 bits per heavy atom. The van der Waals surface area contributed by atoms with E-state index in [1.807, 2.05) is 4.57 Å². The van der Waals surface area contributed by atoms with Gasteiger partial charge in [0.15, 0.2) is 0 Å². The summed E-state index contributed by atoms with van der Waals surface area (Å²) >= 11 is 3.28. The van der Waals surface area contributed by atoms with E-state index in [1.54, 1.807) is 13.0 Å². The van der Waals surface area contributed by atoms with Crippen LogP contribution in [0.15, 0.2) is 12.1 Å². The predicted octanol–water partition coefficient (Wildman–Crippen LogP) is 2.50. The van der Waals surface area contributed by atoms with Crippen molar-refractivity contribution in [3.63, 3.8) is 0 Å². The third kappa shape index (κ3) is 2.75. The molecule has 0 aromatic carbocycles. The van der Waals surface area contributed by atoms with E-state index >= 15 is 0 Å². The Bertz CT molecular complexity index is 716. The van der Waals surface area contributed by atoms with Crippen molar-refractivity contribution in [1.82, 2.24) is 13.9 Å². The third-order valence-electron chi connectivity index (χ3n) is 4.02. The second-order valence-corrected chi connectivity index (χ2v) is 5.82. The molecule has 3 rings (SSSR count). The topological polar surface area (TPSA) is 56.2 Å². The van der Waals surface area contributed by atoms with Crippen LogP contribution in [-0.4, -0.2) is 28.2 Å². The Labute approximate surface area is 136 Å². The van der Waals surface area contributed by atoms with Crippen LogP contribution in [0.3, 0.4) is 0 Å². The van der Waals surface area contributed by atoms with E-state index in [0.717, 1.165) is 36.0 Å². The van der Waals surface area contributed by atoms with Crippen molar-refractivity contribution >= 4 is 33.1 Å². The van der Waals surface area contributed by atoms with Gasteiger partial charge in [-0.1, -0.05) is 0 Å². The molecule has 0 amide bonds. The molecule has 0 aliphatic heterocycles. The third-order valence-corrected chi connectivity index (χ3v) is 4.67. The summed E-state index contributed by atoms with van der Waals surface area (Å²) in [5, 5.41) is 0. The largest absolute Gasteiger partial charge is 0.465 e. The lowest BCUT2D eigenvalue weighted by atomic mass is 9.93. The maximum atomic E-state index is 13.5. The SMILES string of the molecule is CCOC(=O)Cn1c2c(c3nc(F)ccc31)C[C@@H](NBr)CC2. The summed E-state index contributed by atoms with van der Waals surface area (Å²) in [5.74, 6) is -0.787. The van der Waals surface area contributed by atoms with Crippen molar-refractivity contribution in [2.45, 2.75) is 38.8 Å². The van der Waals surface area contributed by atoms with Crippen LogP contribution in [0.5, 0.6) is 0 Å². The maximum absolute atomic E-state index is 13.5. The molecule has 118 valence electrons. The number of halogens is 2. The minimum atomic E-state index is -0.502. The van der Waals surface area contributed by atoms with Gasteiger partial charge >= 0.3 is 5.97 Å². The molecule has 0 radical (unpaired) electrons. The van der Waals surface area contributed by atoms with E-state index < -0.39 is 5.95 Å². The van der Waals surface area contributed by atoms with E-state index in [4.69, 9.17) is 4.74 Å². The highest BCUT2D eigenvalue weighted by Crippen LogP contribution is 2.31. The van der Waals surface area contributed by atoms with Gasteiger partial charge in [0.1, 0.15) is 6.54 Å². The quantitative estimate of drug-likeness (QED) is 0.511. The van der Waals surface area contributed by atoms with Crippen molar-refractivity contribution in [2.24, 2.45) is 0 Å². The summed E-state index contributed by atoms with van der Waals surface area (Å²) < 4.78 is 23.6. The number of carbonyl (C=O) groups is 1. The molecule has 2 aromatic heterocycles. The van der Waals surface area contributed by atoms with E-state index in [1.165, 1.54) is 6.07 Å². The zero-order valence-corrected chi connectivity index (χ0v) is 13.8. The predicted molar refractivity (Wildman–Crippen MR) is 84.2 cm³/mol. The minimum Gasteiger partial charge on any atom is -0.465 e. The molecule has 1 aliphatic rings. The Hall–Kier alpha value is -1.47. The first kappa shape index (κ1) is 15.4. The van der Waals surface area contributed by atoms with E-state index in [2.05, 4.69) is 25.5 Å². The van der Waals surface area contributed by atoms with Crippen LogP contribution in [0.2, 0.25) is 0 Å². The van der Waals surface area contributed by atoms with Crippen molar-refractivity contribution in [3.8, 4) is 0 Å². The van der Waals surface area contributed by atoms with Gasteiger partial charge in [-0.2, -0.15) is 4.39 Å². The fourth-order valence-corrected chi connectivity index (χ4v) is 3.47. The lowest BCUT2D eigenvalue weighted by Gasteiger charge is -2.22. The number of carbonyl (C=O) groups excluding carboxylic acids is 1. The number of nitrogens with zero attached hydrogens (tertiary/aromatic N) is 2. The number of fused-ring (bicyclic) bond motifs is 3. The molecule has 0 spiro atoms. The molecule has 2 heterocycles. The normalized spacial score (nSPS) is 17.5. The standard InChI is InChI=1S/C15H17BrFN3O2/c1-2-22-14(21)8-20-11-4-3-9(19-16)7-10(11)15-12(20)5-6-13(17)18-15/h5-6,9,19H,2-4,7-8H2,1H3/t9-/m0/s1. The van der Waals surface area contributed by atoms with Gasteiger partial charge in [0, 0.05) is 33.4 Å². The number of nitrogens with one attached hydrogen (secondary N) is 1. The zero-order valence-electron chi connectivity index (χ0n) is 12.2. The van der Waals surface area contributed by atoms with Crippen LogP contribution < -0.4 is 4.34 Å². The summed E-state index contributed by atoms with van der Waals surface area (Å²) in [6, 6.07) is 3.29. The Morgan fingerprint density at radius 1 is 1.59 bits per heavy atom. The molecular formula is C15H17BrFN3O2. The minimum absolute atomic E-state index is 0.138. The highest BCUT2D eigenvalue weighted by molar-refractivity contribution is 9.08. The molecule has 1 atom stereocenters. The molecule has 5 nitrogen and oxygen atoms in total. The number of hydrogen-bond acceptors (Lipinski definition) is 4. The Kier molecular flexibility index (Phi) is 4.44. The average Bonchev–Trinajstić information content (AvgIpc) is 2.80. The summed E-state index contributed by atoms with van der Waals surface area (Å²) in [7, 11) is 0. The van der Waals surface area contributed by atoms with Crippen molar-refractivity contribution in [1.29, 1.82) is 0 Å². The second kappa shape index (κ2) is 6.34.